The van der Waals surface area contributed by atoms with E-state index in [2.05, 4.69) is 5.32 Å². The molecule has 0 amide bonds. The van der Waals surface area contributed by atoms with Crippen LogP contribution in [0.15, 0.2) is 63.9 Å². The van der Waals surface area contributed by atoms with Gasteiger partial charge in [-0.2, -0.15) is 18.3 Å². The van der Waals surface area contributed by atoms with E-state index in [0.29, 0.717) is 28.8 Å². The third kappa shape index (κ3) is 5.57. The Bertz CT molecular complexity index is 1370. The van der Waals surface area contributed by atoms with Gasteiger partial charge in [-0.05, 0) is 97.9 Å². The standard InChI is InChI=1S/C33H38F3N3O2/c1-40-25-17-23(18-26(20-25)41-2)31-27-11-6-12-28(27)32(22-9-5-10-22)39(38-31)30-19-24(13-14-29(30)33(34,35)36)37-16-15-21-7-3-4-8-21/h13-14,17-21,37H,3-12,15-16H2,1-2H3. The summed E-state index contributed by atoms with van der Waals surface area (Å²) in [4.78, 5) is 0. The Morgan fingerprint density at radius 1 is 0.878 bits per heavy atom. The Morgan fingerprint density at radius 2 is 1.56 bits per heavy atom. The van der Waals surface area contributed by atoms with Gasteiger partial charge in [-0.15, -0.1) is 0 Å². The number of alkyl halides is 3. The fraction of sp³-hybridized carbons (Fsp3) is 0.485. The summed E-state index contributed by atoms with van der Waals surface area (Å²) < 4.78 is 54.7. The molecule has 0 radical (unpaired) electrons. The van der Waals surface area contributed by atoms with Crippen LogP contribution in [0.3, 0.4) is 0 Å². The summed E-state index contributed by atoms with van der Waals surface area (Å²) in [5.41, 5.74) is 5.85. The summed E-state index contributed by atoms with van der Waals surface area (Å²) in [6, 6.07) is 9.96. The minimum absolute atomic E-state index is 0.0728. The van der Waals surface area contributed by atoms with E-state index in [-0.39, 0.29) is 5.69 Å². The van der Waals surface area contributed by atoms with Crippen molar-refractivity contribution in [1.29, 1.82) is 0 Å². The first kappa shape index (κ1) is 27.7. The second-order valence-electron chi connectivity index (χ2n) is 11.6. The third-order valence-corrected chi connectivity index (χ3v) is 9.01. The minimum atomic E-state index is -4.52. The molecule has 0 saturated heterocycles. The van der Waals surface area contributed by atoms with E-state index < -0.39 is 11.7 Å². The Kier molecular flexibility index (Phi) is 7.75. The molecule has 2 fully saturated rings. The normalized spacial score (nSPS) is 19.3. The molecule has 41 heavy (non-hydrogen) atoms. The topological polar surface area (TPSA) is 46.1 Å². The van der Waals surface area contributed by atoms with Crippen molar-refractivity contribution in [2.75, 3.05) is 31.1 Å². The van der Waals surface area contributed by atoms with Gasteiger partial charge in [0.2, 0.25) is 0 Å². The molecule has 1 aliphatic heterocycles. The van der Waals surface area contributed by atoms with Crippen LogP contribution < -0.4 is 19.8 Å². The molecule has 0 spiro atoms. The Labute approximate surface area is 240 Å². The number of anilines is 2. The van der Waals surface area contributed by atoms with Crippen molar-refractivity contribution >= 4 is 17.1 Å². The van der Waals surface area contributed by atoms with Crippen molar-refractivity contribution < 1.29 is 22.6 Å². The van der Waals surface area contributed by atoms with Crippen molar-refractivity contribution in [1.82, 2.24) is 0 Å². The maximum Gasteiger partial charge on any atom is 0.418 e. The summed E-state index contributed by atoms with van der Waals surface area (Å²) in [6.07, 6.45) is 7.00. The average molecular weight is 566 g/mol. The van der Waals surface area contributed by atoms with Crippen LogP contribution in [0.5, 0.6) is 11.5 Å². The Balaban J connectivity index is 1.46. The molecular weight excluding hydrogens is 527 g/mol. The number of hydrazone groups is 1. The maximum atomic E-state index is 14.5. The van der Waals surface area contributed by atoms with Gasteiger partial charge in [0.25, 0.3) is 0 Å². The average Bonchev–Trinajstić information content (AvgIpc) is 3.64. The molecule has 2 aromatic carbocycles. The predicted molar refractivity (Wildman–Crippen MR) is 157 cm³/mol. The van der Waals surface area contributed by atoms with Crippen molar-refractivity contribution in [3.05, 3.63) is 69.9 Å². The third-order valence-electron chi connectivity index (χ3n) is 9.01. The number of hydrogen-bond donors (Lipinski definition) is 1. The summed E-state index contributed by atoms with van der Waals surface area (Å²) in [7, 11) is 3.18. The number of ether oxygens (including phenoxy) is 2. The van der Waals surface area contributed by atoms with Gasteiger partial charge in [0.15, 0.2) is 0 Å². The molecule has 2 saturated carbocycles. The molecule has 6 rings (SSSR count). The van der Waals surface area contributed by atoms with E-state index in [1.54, 1.807) is 37.4 Å². The van der Waals surface area contributed by atoms with Crippen LogP contribution in [0.1, 0.15) is 81.8 Å². The molecule has 8 heteroatoms. The lowest BCUT2D eigenvalue weighted by molar-refractivity contribution is -0.137. The highest BCUT2D eigenvalue weighted by Gasteiger charge is 2.40. The molecule has 0 atom stereocenters. The highest BCUT2D eigenvalue weighted by Crippen LogP contribution is 2.48. The Hall–Kier alpha value is -3.42. The van der Waals surface area contributed by atoms with Crippen LogP contribution in [0, 0.1) is 5.92 Å². The number of halogens is 3. The van der Waals surface area contributed by atoms with Gasteiger partial charge in [-0.1, -0.05) is 25.7 Å². The van der Waals surface area contributed by atoms with Crippen LogP contribution in [-0.4, -0.2) is 26.5 Å². The number of allylic oxidation sites excluding steroid dienone is 3. The molecule has 0 unspecified atom stereocenters. The predicted octanol–water partition coefficient (Wildman–Crippen LogP) is 8.86. The molecule has 4 aliphatic rings. The molecule has 218 valence electrons. The van der Waals surface area contributed by atoms with Crippen molar-refractivity contribution in [3.8, 4) is 11.5 Å². The molecule has 5 nitrogen and oxygen atoms in total. The first-order valence-corrected chi connectivity index (χ1v) is 14.9. The van der Waals surface area contributed by atoms with Crippen LogP contribution in [-0.2, 0) is 6.18 Å². The first-order valence-electron chi connectivity index (χ1n) is 14.9. The Morgan fingerprint density at radius 3 is 2.20 bits per heavy atom. The summed E-state index contributed by atoms with van der Waals surface area (Å²) in [5, 5.41) is 10.1. The van der Waals surface area contributed by atoms with Gasteiger partial charge >= 0.3 is 6.18 Å². The van der Waals surface area contributed by atoms with Gasteiger partial charge in [0.1, 0.15) is 11.5 Å². The van der Waals surface area contributed by atoms with Gasteiger partial charge < -0.3 is 14.8 Å². The fourth-order valence-corrected chi connectivity index (χ4v) is 6.68. The van der Waals surface area contributed by atoms with Crippen molar-refractivity contribution in [2.45, 2.75) is 76.8 Å². The summed E-state index contributed by atoms with van der Waals surface area (Å²) in [6.45, 7) is 0.747. The van der Waals surface area contributed by atoms with Crippen molar-refractivity contribution in [2.24, 2.45) is 11.0 Å². The number of benzene rings is 2. The fourth-order valence-electron chi connectivity index (χ4n) is 6.68. The molecule has 3 aliphatic carbocycles. The number of nitrogens with one attached hydrogen (secondary N) is 1. The maximum absolute atomic E-state index is 14.5. The van der Waals surface area contributed by atoms with Gasteiger partial charge in [-0.3, -0.25) is 0 Å². The summed E-state index contributed by atoms with van der Waals surface area (Å²) >= 11 is 0. The smallest absolute Gasteiger partial charge is 0.418 e. The first-order chi connectivity index (χ1) is 19.9. The molecule has 2 aromatic rings. The number of rotatable bonds is 8. The monoisotopic (exact) mass is 565 g/mol. The SMILES string of the molecule is COc1cc(OC)cc(C2=NN(c3cc(NCCC4CCCC4)ccc3C(F)(F)F)C(=C3CCC3)C3=C2CCC3)c1. The van der Waals surface area contributed by atoms with Crippen LogP contribution >= 0.6 is 0 Å². The van der Waals surface area contributed by atoms with Crippen molar-refractivity contribution in [3.63, 3.8) is 0 Å². The van der Waals surface area contributed by atoms with Crippen LogP contribution in [0.25, 0.3) is 0 Å². The number of methoxy groups -OCH3 is 2. The zero-order valence-electron chi connectivity index (χ0n) is 23.9. The zero-order valence-corrected chi connectivity index (χ0v) is 23.9. The van der Waals surface area contributed by atoms with Crippen LogP contribution in [0.2, 0.25) is 0 Å². The molecule has 0 aromatic heterocycles. The number of nitrogens with zero attached hydrogens (tertiary/aromatic N) is 2. The molecule has 0 bridgehead atoms. The van der Waals surface area contributed by atoms with E-state index in [9.17, 15) is 13.2 Å². The molecule has 1 heterocycles. The zero-order chi connectivity index (χ0) is 28.6. The highest BCUT2D eigenvalue weighted by atomic mass is 19.4. The quantitative estimate of drug-likeness (QED) is 0.347. The second-order valence-corrected chi connectivity index (χ2v) is 11.6. The molecule has 1 N–H and O–H groups in total. The van der Waals surface area contributed by atoms with Gasteiger partial charge in [0.05, 0.1) is 36.9 Å². The highest BCUT2D eigenvalue weighted by molar-refractivity contribution is 6.15. The van der Waals surface area contributed by atoms with E-state index in [4.69, 9.17) is 14.6 Å². The van der Waals surface area contributed by atoms with E-state index in [1.807, 2.05) is 12.1 Å². The van der Waals surface area contributed by atoms with Crippen LogP contribution in [0.4, 0.5) is 24.5 Å². The molecular formula is C33H38F3N3O2. The van der Waals surface area contributed by atoms with Gasteiger partial charge in [0, 0.05) is 23.9 Å². The lowest BCUT2D eigenvalue weighted by Crippen LogP contribution is -2.30. The minimum Gasteiger partial charge on any atom is -0.497 e. The largest absolute Gasteiger partial charge is 0.497 e. The van der Waals surface area contributed by atoms with E-state index in [1.165, 1.54) is 37.3 Å². The summed E-state index contributed by atoms with van der Waals surface area (Å²) in [5.74, 6) is 1.93. The van der Waals surface area contributed by atoms with E-state index in [0.717, 1.165) is 73.9 Å². The van der Waals surface area contributed by atoms with E-state index >= 15 is 0 Å². The lowest BCUT2D eigenvalue weighted by atomic mass is 9.85. The lowest BCUT2D eigenvalue weighted by Gasteiger charge is -2.36. The van der Waals surface area contributed by atoms with Gasteiger partial charge in [-0.25, -0.2) is 5.01 Å². The number of hydrogen-bond acceptors (Lipinski definition) is 5. The second kappa shape index (κ2) is 11.5.